The molecule has 2 heterocycles. The number of likely N-dealkylation sites (tertiary alicyclic amines) is 1. The van der Waals surface area contributed by atoms with Crippen molar-refractivity contribution in [2.45, 2.75) is 32.1 Å². The van der Waals surface area contributed by atoms with Gasteiger partial charge in [0.25, 0.3) is 0 Å². The van der Waals surface area contributed by atoms with Gasteiger partial charge in [-0.1, -0.05) is 30.3 Å². The zero-order valence-electron chi connectivity index (χ0n) is 12.2. The van der Waals surface area contributed by atoms with E-state index >= 15 is 0 Å². The first-order valence-corrected chi connectivity index (χ1v) is 7.59. The molecule has 1 aliphatic rings. The van der Waals surface area contributed by atoms with Crippen LogP contribution >= 0.6 is 0 Å². The van der Waals surface area contributed by atoms with Gasteiger partial charge in [-0.3, -0.25) is 5.10 Å². The number of aromatic nitrogens is 2. The molecule has 1 aromatic heterocycles. The molecular weight excluding hydrogens is 246 g/mol. The van der Waals surface area contributed by atoms with E-state index in [0.29, 0.717) is 5.92 Å². The Hall–Kier alpha value is -1.61. The highest BCUT2D eigenvalue weighted by atomic mass is 15.1. The SMILES string of the molecule is Cc1cn[nH]c1C1CCN(CCc2ccccc2)CC1. The van der Waals surface area contributed by atoms with E-state index in [4.69, 9.17) is 0 Å². The number of aromatic amines is 1. The molecule has 0 amide bonds. The molecule has 1 aliphatic heterocycles. The summed E-state index contributed by atoms with van der Waals surface area (Å²) in [4.78, 5) is 2.59. The molecule has 20 heavy (non-hydrogen) atoms. The van der Waals surface area contributed by atoms with Crippen molar-refractivity contribution in [2.24, 2.45) is 0 Å². The molecule has 0 radical (unpaired) electrons. The molecule has 0 bridgehead atoms. The summed E-state index contributed by atoms with van der Waals surface area (Å²) in [5.74, 6) is 0.672. The Morgan fingerprint density at radius 3 is 2.60 bits per heavy atom. The maximum atomic E-state index is 4.15. The predicted octanol–water partition coefficient (Wildman–Crippen LogP) is 3.14. The molecule has 1 N–H and O–H groups in total. The van der Waals surface area contributed by atoms with Crippen LogP contribution in [0.25, 0.3) is 0 Å². The highest BCUT2D eigenvalue weighted by Gasteiger charge is 2.22. The normalized spacial score (nSPS) is 17.4. The molecule has 3 heteroatoms. The van der Waals surface area contributed by atoms with Crippen LogP contribution in [0.3, 0.4) is 0 Å². The molecule has 106 valence electrons. The van der Waals surface area contributed by atoms with Crippen molar-refractivity contribution in [1.82, 2.24) is 15.1 Å². The lowest BCUT2D eigenvalue weighted by atomic mass is 9.91. The maximum Gasteiger partial charge on any atom is 0.0519 e. The molecule has 1 aromatic carbocycles. The second kappa shape index (κ2) is 6.23. The minimum absolute atomic E-state index is 0.672. The minimum Gasteiger partial charge on any atom is -0.303 e. The summed E-state index contributed by atoms with van der Waals surface area (Å²) < 4.78 is 0. The first-order valence-electron chi connectivity index (χ1n) is 7.59. The fourth-order valence-corrected chi connectivity index (χ4v) is 3.15. The number of nitrogens with one attached hydrogen (secondary N) is 1. The smallest absolute Gasteiger partial charge is 0.0519 e. The summed E-state index contributed by atoms with van der Waals surface area (Å²) in [5.41, 5.74) is 4.11. The van der Waals surface area contributed by atoms with Crippen molar-refractivity contribution in [1.29, 1.82) is 0 Å². The summed E-state index contributed by atoms with van der Waals surface area (Å²) in [6.07, 6.45) is 5.60. The van der Waals surface area contributed by atoms with Gasteiger partial charge in [-0.05, 0) is 50.4 Å². The van der Waals surface area contributed by atoms with Gasteiger partial charge >= 0.3 is 0 Å². The van der Waals surface area contributed by atoms with Gasteiger partial charge in [-0.2, -0.15) is 5.10 Å². The molecule has 0 saturated carbocycles. The second-order valence-electron chi connectivity index (χ2n) is 5.82. The quantitative estimate of drug-likeness (QED) is 0.924. The minimum atomic E-state index is 0.672. The van der Waals surface area contributed by atoms with E-state index in [1.807, 2.05) is 6.20 Å². The van der Waals surface area contributed by atoms with Gasteiger partial charge in [0.1, 0.15) is 0 Å². The van der Waals surface area contributed by atoms with Crippen LogP contribution in [0, 0.1) is 6.92 Å². The Morgan fingerprint density at radius 1 is 1.20 bits per heavy atom. The monoisotopic (exact) mass is 269 g/mol. The summed E-state index contributed by atoms with van der Waals surface area (Å²) in [6, 6.07) is 10.8. The number of aryl methyl sites for hydroxylation is 1. The molecule has 0 aliphatic carbocycles. The molecular formula is C17H23N3. The molecule has 1 saturated heterocycles. The van der Waals surface area contributed by atoms with Crippen LogP contribution in [0.1, 0.15) is 35.6 Å². The predicted molar refractivity (Wildman–Crippen MR) is 81.9 cm³/mol. The van der Waals surface area contributed by atoms with E-state index in [1.54, 1.807) is 0 Å². The topological polar surface area (TPSA) is 31.9 Å². The second-order valence-corrected chi connectivity index (χ2v) is 5.82. The van der Waals surface area contributed by atoms with Crippen LogP contribution < -0.4 is 0 Å². The van der Waals surface area contributed by atoms with E-state index in [-0.39, 0.29) is 0 Å². The van der Waals surface area contributed by atoms with Crippen LogP contribution in [0.2, 0.25) is 0 Å². The molecule has 1 fully saturated rings. The van der Waals surface area contributed by atoms with Crippen molar-refractivity contribution in [3.8, 4) is 0 Å². The van der Waals surface area contributed by atoms with Gasteiger partial charge < -0.3 is 4.90 Å². The molecule has 3 nitrogen and oxygen atoms in total. The van der Waals surface area contributed by atoms with Gasteiger partial charge in [0.05, 0.1) is 6.20 Å². The van der Waals surface area contributed by atoms with Crippen molar-refractivity contribution in [2.75, 3.05) is 19.6 Å². The Bertz CT molecular complexity index is 524. The maximum absolute atomic E-state index is 4.15. The molecule has 0 unspecified atom stereocenters. The van der Waals surface area contributed by atoms with Crippen molar-refractivity contribution in [3.05, 3.63) is 53.3 Å². The Morgan fingerprint density at radius 2 is 1.95 bits per heavy atom. The first kappa shape index (κ1) is 13.4. The third-order valence-corrected chi connectivity index (χ3v) is 4.42. The lowest BCUT2D eigenvalue weighted by Crippen LogP contribution is -2.34. The average molecular weight is 269 g/mol. The number of piperidine rings is 1. The van der Waals surface area contributed by atoms with Crippen LogP contribution in [0.4, 0.5) is 0 Å². The van der Waals surface area contributed by atoms with E-state index < -0.39 is 0 Å². The number of H-pyrrole nitrogens is 1. The number of benzene rings is 1. The van der Waals surface area contributed by atoms with Crippen LogP contribution in [0.15, 0.2) is 36.5 Å². The fraction of sp³-hybridized carbons (Fsp3) is 0.471. The van der Waals surface area contributed by atoms with Crippen LogP contribution in [0.5, 0.6) is 0 Å². The molecule has 0 spiro atoms. The van der Waals surface area contributed by atoms with E-state index in [9.17, 15) is 0 Å². The third-order valence-electron chi connectivity index (χ3n) is 4.42. The summed E-state index contributed by atoms with van der Waals surface area (Å²) in [6.45, 7) is 5.74. The van der Waals surface area contributed by atoms with Crippen LogP contribution in [-0.2, 0) is 6.42 Å². The van der Waals surface area contributed by atoms with E-state index in [0.717, 1.165) is 6.42 Å². The Labute approximate surface area is 121 Å². The van der Waals surface area contributed by atoms with Crippen molar-refractivity contribution < 1.29 is 0 Å². The van der Waals surface area contributed by atoms with E-state index in [2.05, 4.69) is 52.4 Å². The summed E-state index contributed by atoms with van der Waals surface area (Å²) in [7, 11) is 0. The summed E-state index contributed by atoms with van der Waals surface area (Å²) >= 11 is 0. The zero-order chi connectivity index (χ0) is 13.8. The number of hydrogen-bond donors (Lipinski definition) is 1. The van der Waals surface area contributed by atoms with Crippen LogP contribution in [-0.4, -0.2) is 34.7 Å². The highest BCUT2D eigenvalue weighted by molar-refractivity contribution is 5.19. The first-order chi connectivity index (χ1) is 9.83. The van der Waals surface area contributed by atoms with Crippen molar-refractivity contribution >= 4 is 0 Å². The number of nitrogens with zero attached hydrogens (tertiary/aromatic N) is 2. The van der Waals surface area contributed by atoms with Crippen molar-refractivity contribution in [3.63, 3.8) is 0 Å². The van der Waals surface area contributed by atoms with E-state index in [1.165, 1.54) is 49.3 Å². The number of hydrogen-bond acceptors (Lipinski definition) is 2. The fourth-order valence-electron chi connectivity index (χ4n) is 3.15. The lowest BCUT2D eigenvalue weighted by molar-refractivity contribution is 0.213. The standard InChI is InChI=1S/C17H23N3/c1-14-13-18-19-17(14)16-8-11-20(12-9-16)10-7-15-5-3-2-4-6-15/h2-6,13,16H,7-12H2,1H3,(H,18,19). The van der Waals surface area contributed by atoms with Gasteiger partial charge in [0.15, 0.2) is 0 Å². The van der Waals surface area contributed by atoms with Gasteiger partial charge in [-0.15, -0.1) is 0 Å². The molecule has 2 aromatic rings. The van der Waals surface area contributed by atoms with Gasteiger partial charge in [0, 0.05) is 18.2 Å². The largest absolute Gasteiger partial charge is 0.303 e. The zero-order valence-corrected chi connectivity index (χ0v) is 12.2. The average Bonchev–Trinajstić information content (AvgIpc) is 2.93. The molecule has 0 atom stereocenters. The van der Waals surface area contributed by atoms with Gasteiger partial charge in [-0.25, -0.2) is 0 Å². The summed E-state index contributed by atoms with van der Waals surface area (Å²) in [5, 5.41) is 7.33. The Kier molecular flexibility index (Phi) is 4.16. The number of rotatable bonds is 4. The molecule has 3 rings (SSSR count). The van der Waals surface area contributed by atoms with Gasteiger partial charge in [0.2, 0.25) is 0 Å². The Balaban J connectivity index is 1.48. The lowest BCUT2D eigenvalue weighted by Gasteiger charge is -2.31. The highest BCUT2D eigenvalue weighted by Crippen LogP contribution is 2.28. The third kappa shape index (κ3) is 3.10.